The number of Topliss-reactive ketones (excluding diaryl/α,β-unsaturated/α-hetero) is 1. The molecule has 0 spiro atoms. The van der Waals surface area contributed by atoms with E-state index in [9.17, 15) is 9.59 Å². The summed E-state index contributed by atoms with van der Waals surface area (Å²) < 4.78 is 4.27. The fourth-order valence-electron chi connectivity index (χ4n) is 0.947. The highest BCUT2D eigenvalue weighted by atomic mass is 16.5. The summed E-state index contributed by atoms with van der Waals surface area (Å²) >= 11 is 0. The summed E-state index contributed by atoms with van der Waals surface area (Å²) in [7, 11) is 1.28. The molecule has 1 rings (SSSR count). The molecule has 0 aliphatic heterocycles. The van der Waals surface area contributed by atoms with Crippen molar-refractivity contribution in [3.63, 3.8) is 0 Å². The van der Waals surface area contributed by atoms with Gasteiger partial charge in [-0.3, -0.25) is 4.79 Å². The van der Waals surface area contributed by atoms with Gasteiger partial charge in [-0.15, -0.1) is 0 Å². The molecule has 0 atom stereocenters. The maximum Gasteiger partial charge on any atom is 0.406 e. The van der Waals surface area contributed by atoms with Gasteiger partial charge in [0, 0.05) is 13.0 Å². The number of ketones is 1. The number of amides is 1. The number of hydrogen-bond acceptors (Lipinski definition) is 3. The lowest BCUT2D eigenvalue weighted by atomic mass is 10.2. The van der Waals surface area contributed by atoms with Gasteiger partial charge in [-0.1, -0.05) is 63.6 Å². The first kappa shape index (κ1) is 24.2. The van der Waals surface area contributed by atoms with Crippen molar-refractivity contribution in [3.8, 4) is 0 Å². The van der Waals surface area contributed by atoms with Gasteiger partial charge in [0.15, 0.2) is 0 Å². The fraction of sp³-hybridized carbons (Fsp3) is 0.529. The van der Waals surface area contributed by atoms with Gasteiger partial charge in [0.25, 0.3) is 0 Å². The SMILES string of the molecule is CC.CC.COC(=O)NCCC(C)=O.Cc1ccccc1. The third kappa shape index (κ3) is 23.7. The van der Waals surface area contributed by atoms with Gasteiger partial charge in [-0.05, 0) is 13.8 Å². The van der Waals surface area contributed by atoms with Crippen LogP contribution in [0.25, 0.3) is 0 Å². The third-order valence-electron chi connectivity index (χ3n) is 1.87. The zero-order chi connectivity index (χ0) is 17.1. The largest absolute Gasteiger partial charge is 0.453 e. The van der Waals surface area contributed by atoms with E-state index in [1.807, 2.05) is 45.9 Å². The molecule has 122 valence electrons. The van der Waals surface area contributed by atoms with E-state index in [2.05, 4.69) is 29.1 Å². The quantitative estimate of drug-likeness (QED) is 0.901. The van der Waals surface area contributed by atoms with Crippen LogP contribution in [-0.4, -0.2) is 25.5 Å². The second kappa shape index (κ2) is 20.5. The Kier molecular flexibility index (Phi) is 23.6. The molecular formula is C17H31NO3. The van der Waals surface area contributed by atoms with Crippen LogP contribution in [0.2, 0.25) is 0 Å². The lowest BCUT2D eigenvalue weighted by molar-refractivity contribution is -0.116. The minimum Gasteiger partial charge on any atom is -0.453 e. The maximum absolute atomic E-state index is 10.3. The van der Waals surface area contributed by atoms with Gasteiger partial charge in [0.2, 0.25) is 0 Å². The van der Waals surface area contributed by atoms with Gasteiger partial charge in [0.1, 0.15) is 5.78 Å². The van der Waals surface area contributed by atoms with Gasteiger partial charge in [0.05, 0.1) is 7.11 Å². The number of benzene rings is 1. The van der Waals surface area contributed by atoms with Crippen molar-refractivity contribution < 1.29 is 14.3 Å². The first-order chi connectivity index (χ1) is 10.1. The molecule has 0 aliphatic rings. The Hall–Kier alpha value is -1.84. The van der Waals surface area contributed by atoms with Crippen LogP contribution in [0.4, 0.5) is 4.79 Å². The predicted molar refractivity (Wildman–Crippen MR) is 89.6 cm³/mol. The van der Waals surface area contributed by atoms with Crippen molar-refractivity contribution in [1.82, 2.24) is 5.32 Å². The summed E-state index contributed by atoms with van der Waals surface area (Å²) in [6.07, 6.45) is -0.143. The number of carbonyl (C=O) groups excluding carboxylic acids is 2. The molecule has 0 aliphatic carbocycles. The first-order valence-corrected chi connectivity index (χ1v) is 7.39. The molecule has 1 N–H and O–H groups in total. The van der Waals surface area contributed by atoms with E-state index < -0.39 is 6.09 Å². The molecule has 0 bridgehead atoms. The highest BCUT2D eigenvalue weighted by Gasteiger charge is 1.97. The van der Waals surface area contributed by atoms with E-state index in [0.29, 0.717) is 13.0 Å². The Morgan fingerprint density at radius 1 is 1.05 bits per heavy atom. The van der Waals surface area contributed by atoms with Crippen molar-refractivity contribution in [2.75, 3.05) is 13.7 Å². The average Bonchev–Trinajstić information content (AvgIpc) is 2.52. The van der Waals surface area contributed by atoms with Crippen LogP contribution in [0.3, 0.4) is 0 Å². The Morgan fingerprint density at radius 2 is 1.52 bits per heavy atom. The molecule has 0 radical (unpaired) electrons. The summed E-state index contributed by atoms with van der Waals surface area (Å²) in [5, 5.41) is 2.38. The first-order valence-electron chi connectivity index (χ1n) is 7.39. The lowest BCUT2D eigenvalue weighted by Crippen LogP contribution is -2.25. The summed E-state index contributed by atoms with van der Waals surface area (Å²) in [6.45, 7) is 11.9. The summed E-state index contributed by atoms with van der Waals surface area (Å²) in [5.74, 6) is 0.0522. The number of methoxy groups -OCH3 is 1. The van der Waals surface area contributed by atoms with Gasteiger partial charge >= 0.3 is 6.09 Å². The van der Waals surface area contributed by atoms with Crippen molar-refractivity contribution >= 4 is 11.9 Å². The van der Waals surface area contributed by atoms with E-state index in [-0.39, 0.29) is 5.78 Å². The molecule has 4 heteroatoms. The summed E-state index contributed by atoms with van der Waals surface area (Å²) in [6, 6.07) is 10.3. The molecule has 0 fully saturated rings. The standard InChI is InChI=1S/C7H8.C6H11NO3.2C2H6/c1-7-5-3-2-4-6-7;1-5(8)3-4-7-6(9)10-2;2*1-2/h2-6H,1H3;3-4H2,1-2H3,(H,7,9);2*1-2H3. The number of aryl methyl sites for hydroxylation is 1. The van der Waals surface area contributed by atoms with Crippen LogP contribution in [0.1, 0.15) is 46.6 Å². The molecular weight excluding hydrogens is 266 g/mol. The number of nitrogens with one attached hydrogen (secondary N) is 1. The van der Waals surface area contributed by atoms with Crippen LogP contribution in [-0.2, 0) is 9.53 Å². The Balaban J connectivity index is -0.000000256. The topological polar surface area (TPSA) is 55.4 Å². The summed E-state index contributed by atoms with van der Waals surface area (Å²) in [4.78, 5) is 20.7. The van der Waals surface area contributed by atoms with Gasteiger partial charge < -0.3 is 10.1 Å². The van der Waals surface area contributed by atoms with Crippen LogP contribution < -0.4 is 5.32 Å². The number of hydrogen-bond donors (Lipinski definition) is 1. The maximum atomic E-state index is 10.3. The molecule has 21 heavy (non-hydrogen) atoms. The number of alkyl carbamates (subject to hydrolysis) is 1. The van der Waals surface area contributed by atoms with Crippen LogP contribution >= 0.6 is 0 Å². The number of carbonyl (C=O) groups is 2. The van der Waals surface area contributed by atoms with Gasteiger partial charge in [-0.25, -0.2) is 4.79 Å². The van der Waals surface area contributed by atoms with E-state index in [0.717, 1.165) is 0 Å². The molecule has 0 heterocycles. The molecule has 0 aromatic heterocycles. The number of rotatable bonds is 3. The Bertz CT molecular complexity index is 337. The molecule has 0 unspecified atom stereocenters. The van der Waals surface area contributed by atoms with E-state index in [1.165, 1.54) is 19.6 Å². The van der Waals surface area contributed by atoms with Gasteiger partial charge in [-0.2, -0.15) is 0 Å². The predicted octanol–water partition coefficient (Wildman–Crippen LogP) is 4.37. The Morgan fingerprint density at radius 3 is 1.81 bits per heavy atom. The second-order valence-electron chi connectivity index (χ2n) is 3.53. The highest BCUT2D eigenvalue weighted by Crippen LogP contribution is 1.92. The lowest BCUT2D eigenvalue weighted by Gasteiger charge is -1.99. The number of ether oxygens (including phenoxy) is 1. The average molecular weight is 297 g/mol. The van der Waals surface area contributed by atoms with Crippen molar-refractivity contribution in [2.45, 2.75) is 48.0 Å². The summed E-state index contributed by atoms with van der Waals surface area (Å²) in [5.41, 5.74) is 1.32. The van der Waals surface area contributed by atoms with Crippen molar-refractivity contribution in [1.29, 1.82) is 0 Å². The monoisotopic (exact) mass is 297 g/mol. The fourth-order valence-corrected chi connectivity index (χ4v) is 0.947. The zero-order valence-corrected chi connectivity index (χ0v) is 14.5. The van der Waals surface area contributed by atoms with E-state index in [4.69, 9.17) is 0 Å². The van der Waals surface area contributed by atoms with Crippen molar-refractivity contribution in [2.24, 2.45) is 0 Å². The minimum absolute atomic E-state index is 0.0522. The Labute approximate surface area is 129 Å². The third-order valence-corrected chi connectivity index (χ3v) is 1.87. The molecule has 0 saturated heterocycles. The minimum atomic E-state index is -0.499. The molecule has 1 aromatic rings. The molecule has 4 nitrogen and oxygen atoms in total. The smallest absolute Gasteiger partial charge is 0.406 e. The molecule has 1 amide bonds. The van der Waals surface area contributed by atoms with E-state index in [1.54, 1.807) is 0 Å². The van der Waals surface area contributed by atoms with Crippen LogP contribution in [0.15, 0.2) is 30.3 Å². The van der Waals surface area contributed by atoms with Crippen LogP contribution in [0.5, 0.6) is 0 Å². The van der Waals surface area contributed by atoms with E-state index >= 15 is 0 Å². The van der Waals surface area contributed by atoms with Crippen LogP contribution in [0, 0.1) is 6.92 Å². The molecule has 0 saturated carbocycles. The highest BCUT2D eigenvalue weighted by molar-refractivity contribution is 5.76. The normalized spacial score (nSPS) is 7.57. The van der Waals surface area contributed by atoms with Crippen molar-refractivity contribution in [3.05, 3.63) is 35.9 Å². The second-order valence-corrected chi connectivity index (χ2v) is 3.53. The molecule has 1 aromatic carbocycles. The zero-order valence-electron chi connectivity index (χ0n) is 14.5.